The Kier molecular flexibility index (Phi) is 8.17. The lowest BCUT2D eigenvalue weighted by atomic mass is 10.0. The zero-order valence-electron chi connectivity index (χ0n) is 10.0. The third-order valence-electron chi connectivity index (χ3n) is 2.23. The molecule has 0 spiro atoms. The van der Waals surface area contributed by atoms with E-state index < -0.39 is 11.9 Å². The van der Waals surface area contributed by atoms with Gasteiger partial charge in [-0.25, -0.2) is 0 Å². The van der Waals surface area contributed by atoms with Crippen LogP contribution in [0.5, 0.6) is 0 Å². The number of rotatable bonds is 4. The predicted molar refractivity (Wildman–Crippen MR) is 66.5 cm³/mol. The maximum absolute atomic E-state index is 10.5. The lowest BCUT2D eigenvalue weighted by molar-refractivity contribution is -0.138. The minimum absolute atomic E-state index is 0.406. The molecule has 0 saturated carbocycles. The number of unbranched alkanes of at least 4 members (excludes halogenated alkanes) is 1. The molecular weight excluding hydrogens is 202 g/mol. The van der Waals surface area contributed by atoms with Crippen molar-refractivity contribution in [2.75, 3.05) is 6.54 Å². The summed E-state index contributed by atoms with van der Waals surface area (Å²) in [5.41, 5.74) is 5.99. The van der Waals surface area contributed by atoms with Gasteiger partial charge < -0.3 is 10.8 Å². The van der Waals surface area contributed by atoms with Gasteiger partial charge in [-0.1, -0.05) is 43.7 Å². The van der Waals surface area contributed by atoms with Crippen LogP contribution in [0.2, 0.25) is 0 Å². The summed E-state index contributed by atoms with van der Waals surface area (Å²) in [5.74, 6) is -1.19. The summed E-state index contributed by atoms with van der Waals surface area (Å²) in [6.07, 6.45) is 2.39. The van der Waals surface area contributed by atoms with Crippen molar-refractivity contribution in [1.82, 2.24) is 0 Å². The first-order valence-corrected chi connectivity index (χ1v) is 5.61. The Hall–Kier alpha value is -1.35. The summed E-state index contributed by atoms with van der Waals surface area (Å²) in [5, 5.41) is 8.64. The van der Waals surface area contributed by atoms with Gasteiger partial charge in [0.2, 0.25) is 0 Å². The molecule has 0 aromatic heterocycles. The molecule has 3 nitrogen and oxygen atoms in total. The molecule has 0 aliphatic heterocycles. The van der Waals surface area contributed by atoms with Crippen molar-refractivity contribution in [2.45, 2.75) is 32.6 Å². The van der Waals surface area contributed by atoms with Crippen LogP contribution in [-0.4, -0.2) is 17.6 Å². The van der Waals surface area contributed by atoms with Gasteiger partial charge in [0.1, 0.15) is 0 Å². The average molecular weight is 223 g/mol. The van der Waals surface area contributed by atoms with Crippen LogP contribution in [0.25, 0.3) is 0 Å². The van der Waals surface area contributed by atoms with Gasteiger partial charge in [0.25, 0.3) is 0 Å². The fourth-order valence-electron chi connectivity index (χ4n) is 1.09. The van der Waals surface area contributed by atoms with Crippen LogP contribution in [0, 0.1) is 0 Å². The zero-order chi connectivity index (χ0) is 12.4. The van der Waals surface area contributed by atoms with E-state index in [2.05, 4.69) is 6.92 Å². The Morgan fingerprint density at radius 3 is 2.25 bits per heavy atom. The van der Waals surface area contributed by atoms with Gasteiger partial charge in [-0.15, -0.1) is 0 Å². The van der Waals surface area contributed by atoms with Gasteiger partial charge in [0.05, 0.1) is 5.92 Å². The molecule has 0 aliphatic rings. The molecule has 1 aromatic carbocycles. The van der Waals surface area contributed by atoms with E-state index in [0.29, 0.717) is 0 Å². The fourth-order valence-corrected chi connectivity index (χ4v) is 1.09. The van der Waals surface area contributed by atoms with Crippen LogP contribution < -0.4 is 5.73 Å². The van der Waals surface area contributed by atoms with E-state index in [1.54, 1.807) is 6.92 Å². The maximum atomic E-state index is 10.5. The quantitative estimate of drug-likeness (QED) is 0.824. The fraction of sp³-hybridized carbons (Fsp3) is 0.462. The molecule has 1 atom stereocenters. The van der Waals surface area contributed by atoms with Crippen LogP contribution in [0.1, 0.15) is 38.2 Å². The molecule has 0 radical (unpaired) electrons. The van der Waals surface area contributed by atoms with E-state index in [0.717, 1.165) is 12.1 Å². The molecular formula is C13H21NO2. The Bertz CT molecular complexity index is 283. The van der Waals surface area contributed by atoms with Gasteiger partial charge in [-0.2, -0.15) is 0 Å². The minimum atomic E-state index is -0.781. The highest BCUT2D eigenvalue weighted by atomic mass is 16.4. The summed E-state index contributed by atoms with van der Waals surface area (Å²) < 4.78 is 0. The standard InChI is InChI=1S/C9H10O2.C4H11N/c1-7(9(10)11)8-5-3-2-4-6-8;1-2-3-4-5/h2-7H,1H3,(H,10,11);2-5H2,1H3. The SMILES string of the molecule is CC(C(=O)O)c1ccccc1.CCCCN. The molecule has 1 aromatic rings. The summed E-state index contributed by atoms with van der Waals surface area (Å²) in [6.45, 7) is 4.65. The van der Waals surface area contributed by atoms with Crippen molar-refractivity contribution in [3.05, 3.63) is 35.9 Å². The van der Waals surface area contributed by atoms with Gasteiger partial charge in [-0.3, -0.25) is 4.79 Å². The molecule has 0 fully saturated rings. The third kappa shape index (κ3) is 6.19. The molecule has 0 amide bonds. The zero-order valence-corrected chi connectivity index (χ0v) is 10.0. The van der Waals surface area contributed by atoms with E-state index in [1.807, 2.05) is 30.3 Å². The van der Waals surface area contributed by atoms with Crippen molar-refractivity contribution in [2.24, 2.45) is 5.73 Å². The number of aliphatic carboxylic acids is 1. The largest absolute Gasteiger partial charge is 0.481 e. The highest BCUT2D eigenvalue weighted by molar-refractivity contribution is 5.75. The van der Waals surface area contributed by atoms with E-state index in [-0.39, 0.29) is 0 Å². The molecule has 1 unspecified atom stereocenters. The van der Waals surface area contributed by atoms with Crippen LogP contribution in [-0.2, 0) is 4.79 Å². The van der Waals surface area contributed by atoms with Crippen LogP contribution >= 0.6 is 0 Å². The van der Waals surface area contributed by atoms with Gasteiger partial charge in [-0.05, 0) is 25.5 Å². The second kappa shape index (κ2) is 8.92. The molecule has 0 heterocycles. The van der Waals surface area contributed by atoms with E-state index in [4.69, 9.17) is 10.8 Å². The Morgan fingerprint density at radius 2 is 1.94 bits per heavy atom. The predicted octanol–water partition coefficient (Wildman–Crippen LogP) is 2.62. The second-order valence-corrected chi connectivity index (χ2v) is 3.61. The normalized spacial score (nSPS) is 11.2. The van der Waals surface area contributed by atoms with E-state index >= 15 is 0 Å². The van der Waals surface area contributed by atoms with Crippen LogP contribution in [0.3, 0.4) is 0 Å². The molecule has 0 aliphatic carbocycles. The van der Waals surface area contributed by atoms with Crippen molar-refractivity contribution in [1.29, 1.82) is 0 Å². The van der Waals surface area contributed by atoms with Gasteiger partial charge in [0.15, 0.2) is 0 Å². The number of carboxylic acid groups (broad SMARTS) is 1. The van der Waals surface area contributed by atoms with Crippen LogP contribution in [0.15, 0.2) is 30.3 Å². The first-order valence-electron chi connectivity index (χ1n) is 5.61. The first-order chi connectivity index (χ1) is 7.63. The molecule has 1 rings (SSSR count). The number of hydrogen-bond acceptors (Lipinski definition) is 2. The van der Waals surface area contributed by atoms with Gasteiger partial charge >= 0.3 is 5.97 Å². The Labute approximate surface area is 97.3 Å². The first kappa shape index (κ1) is 14.6. The second-order valence-electron chi connectivity index (χ2n) is 3.61. The lowest BCUT2D eigenvalue weighted by Crippen LogP contribution is -2.06. The molecule has 0 bridgehead atoms. The molecule has 16 heavy (non-hydrogen) atoms. The molecule has 3 N–H and O–H groups in total. The van der Waals surface area contributed by atoms with E-state index in [9.17, 15) is 4.79 Å². The number of benzene rings is 1. The molecule has 3 heteroatoms. The van der Waals surface area contributed by atoms with Crippen molar-refractivity contribution < 1.29 is 9.90 Å². The highest BCUT2D eigenvalue weighted by Crippen LogP contribution is 2.13. The Balaban J connectivity index is 0.000000385. The smallest absolute Gasteiger partial charge is 0.310 e. The summed E-state index contributed by atoms with van der Waals surface area (Å²) in [6, 6.07) is 9.19. The molecule has 0 saturated heterocycles. The Morgan fingerprint density at radius 1 is 1.38 bits per heavy atom. The molecule has 90 valence electrons. The summed E-state index contributed by atoms with van der Waals surface area (Å²) >= 11 is 0. The van der Waals surface area contributed by atoms with Crippen molar-refractivity contribution in [3.63, 3.8) is 0 Å². The number of hydrogen-bond donors (Lipinski definition) is 2. The van der Waals surface area contributed by atoms with Crippen molar-refractivity contribution >= 4 is 5.97 Å². The topological polar surface area (TPSA) is 63.3 Å². The van der Waals surface area contributed by atoms with E-state index in [1.165, 1.54) is 12.8 Å². The average Bonchev–Trinajstić information content (AvgIpc) is 2.31. The minimum Gasteiger partial charge on any atom is -0.481 e. The number of carboxylic acids is 1. The van der Waals surface area contributed by atoms with Crippen molar-refractivity contribution in [3.8, 4) is 0 Å². The third-order valence-corrected chi connectivity index (χ3v) is 2.23. The maximum Gasteiger partial charge on any atom is 0.310 e. The summed E-state index contributed by atoms with van der Waals surface area (Å²) in [7, 11) is 0. The number of carbonyl (C=O) groups is 1. The lowest BCUT2D eigenvalue weighted by Gasteiger charge is -2.04. The monoisotopic (exact) mass is 223 g/mol. The van der Waals surface area contributed by atoms with Crippen LogP contribution in [0.4, 0.5) is 0 Å². The number of nitrogens with two attached hydrogens (primary N) is 1. The highest BCUT2D eigenvalue weighted by Gasteiger charge is 2.11. The summed E-state index contributed by atoms with van der Waals surface area (Å²) in [4.78, 5) is 10.5. The van der Waals surface area contributed by atoms with Gasteiger partial charge in [0, 0.05) is 0 Å².